The fraction of sp³-hybridized carbons (Fsp3) is 0.333. The van der Waals surface area contributed by atoms with Crippen molar-refractivity contribution in [2.75, 3.05) is 0 Å². The zero-order chi connectivity index (χ0) is 13.3. The van der Waals surface area contributed by atoms with E-state index in [1.54, 1.807) is 11.3 Å². The Morgan fingerprint density at radius 2 is 1.89 bits per heavy atom. The number of benzene rings is 1. The van der Waals surface area contributed by atoms with Crippen LogP contribution < -0.4 is 0 Å². The number of hydrogen-bond acceptors (Lipinski definition) is 1. The van der Waals surface area contributed by atoms with Gasteiger partial charge in [-0.15, -0.1) is 22.9 Å². The number of aryl methyl sites for hydroxylation is 3. The number of halogens is 2. The third-order valence-corrected chi connectivity index (χ3v) is 5.21. The van der Waals surface area contributed by atoms with Gasteiger partial charge in [0.2, 0.25) is 0 Å². The summed E-state index contributed by atoms with van der Waals surface area (Å²) < 4.78 is 0. The third kappa shape index (κ3) is 2.59. The highest BCUT2D eigenvalue weighted by Crippen LogP contribution is 2.39. The van der Waals surface area contributed by atoms with Crippen LogP contribution >= 0.6 is 34.5 Å². The lowest BCUT2D eigenvalue weighted by atomic mass is 10.0. The Hall–Kier alpha value is -0.500. The van der Waals surface area contributed by atoms with Crippen molar-refractivity contribution >= 4 is 34.5 Å². The second-order valence-corrected chi connectivity index (χ2v) is 6.28. The Balaban J connectivity index is 2.46. The van der Waals surface area contributed by atoms with Crippen LogP contribution in [0.1, 0.15) is 39.4 Å². The van der Waals surface area contributed by atoms with Crippen LogP contribution in [0.4, 0.5) is 0 Å². The number of alkyl halides is 1. The topological polar surface area (TPSA) is 0 Å². The van der Waals surface area contributed by atoms with Gasteiger partial charge in [-0.2, -0.15) is 0 Å². The molecule has 0 radical (unpaired) electrons. The van der Waals surface area contributed by atoms with E-state index in [0.717, 1.165) is 17.0 Å². The fourth-order valence-electron chi connectivity index (χ4n) is 2.00. The average molecular weight is 299 g/mol. The molecule has 0 aliphatic carbocycles. The average Bonchev–Trinajstić information content (AvgIpc) is 2.81. The predicted octanol–water partition coefficient (Wildman–Crippen LogP) is 5.91. The van der Waals surface area contributed by atoms with E-state index in [2.05, 4.69) is 38.3 Å². The molecule has 1 aromatic heterocycles. The molecule has 0 spiro atoms. The van der Waals surface area contributed by atoms with Gasteiger partial charge in [-0.25, -0.2) is 0 Å². The molecule has 0 bridgehead atoms. The predicted molar refractivity (Wildman–Crippen MR) is 82.3 cm³/mol. The van der Waals surface area contributed by atoms with Gasteiger partial charge < -0.3 is 0 Å². The quantitative estimate of drug-likeness (QED) is 0.618. The van der Waals surface area contributed by atoms with Crippen molar-refractivity contribution in [2.24, 2.45) is 0 Å². The Kier molecular flexibility index (Phi) is 4.37. The normalized spacial score (nSPS) is 12.7. The zero-order valence-electron chi connectivity index (χ0n) is 10.8. The van der Waals surface area contributed by atoms with Gasteiger partial charge in [0, 0.05) is 9.90 Å². The van der Waals surface area contributed by atoms with Crippen LogP contribution in [0.25, 0.3) is 0 Å². The minimum absolute atomic E-state index is 0.147. The first kappa shape index (κ1) is 13.9. The first-order valence-electron chi connectivity index (χ1n) is 6.01. The Bertz CT molecular complexity index is 558. The number of thiophene rings is 1. The summed E-state index contributed by atoms with van der Waals surface area (Å²) in [5, 5.41) is 2.71. The smallest absolute Gasteiger partial charge is 0.0944 e. The largest absolute Gasteiger partial charge is 0.147 e. The first-order chi connectivity index (χ1) is 8.54. The molecule has 96 valence electrons. The minimum atomic E-state index is -0.147. The molecule has 0 aliphatic rings. The molecule has 1 atom stereocenters. The van der Waals surface area contributed by atoms with Gasteiger partial charge in [0.1, 0.15) is 0 Å². The first-order valence-corrected chi connectivity index (χ1v) is 7.71. The van der Waals surface area contributed by atoms with Crippen molar-refractivity contribution in [3.05, 3.63) is 55.7 Å². The molecule has 1 unspecified atom stereocenters. The highest BCUT2D eigenvalue weighted by atomic mass is 35.5. The molecule has 0 N–H and O–H groups in total. The van der Waals surface area contributed by atoms with Gasteiger partial charge in [0.05, 0.1) is 5.38 Å². The molecule has 0 saturated heterocycles. The van der Waals surface area contributed by atoms with E-state index < -0.39 is 0 Å². The zero-order valence-corrected chi connectivity index (χ0v) is 13.1. The molecule has 1 heterocycles. The van der Waals surface area contributed by atoms with Crippen LogP contribution in [-0.4, -0.2) is 0 Å². The van der Waals surface area contributed by atoms with Crippen LogP contribution in [0, 0.1) is 13.8 Å². The van der Waals surface area contributed by atoms with Gasteiger partial charge in [0.15, 0.2) is 0 Å². The molecule has 0 nitrogen and oxygen atoms in total. The van der Waals surface area contributed by atoms with Crippen LogP contribution in [-0.2, 0) is 6.42 Å². The Morgan fingerprint density at radius 3 is 2.56 bits per heavy atom. The molecule has 0 saturated carbocycles. The van der Waals surface area contributed by atoms with Crippen LogP contribution in [0.2, 0.25) is 5.02 Å². The molecule has 18 heavy (non-hydrogen) atoms. The SMILES string of the molecule is CCc1ccsc1C(Cl)c1cc(C)c(C)cc1Cl. The summed E-state index contributed by atoms with van der Waals surface area (Å²) in [6.45, 7) is 6.31. The molecule has 2 aromatic rings. The summed E-state index contributed by atoms with van der Waals surface area (Å²) >= 11 is 14.6. The summed E-state index contributed by atoms with van der Waals surface area (Å²) in [7, 11) is 0. The molecule has 3 heteroatoms. The van der Waals surface area contributed by atoms with Gasteiger partial charge in [-0.05, 0) is 60.0 Å². The Morgan fingerprint density at radius 1 is 1.22 bits per heavy atom. The van der Waals surface area contributed by atoms with Gasteiger partial charge in [0.25, 0.3) is 0 Å². The molecule has 2 rings (SSSR count). The summed E-state index contributed by atoms with van der Waals surface area (Å²) in [6.07, 6.45) is 1.00. The standard InChI is InChI=1S/C15H16Cl2S/c1-4-11-5-6-18-15(11)14(17)12-7-9(2)10(3)8-13(12)16/h5-8,14H,4H2,1-3H3. The summed E-state index contributed by atoms with van der Waals surface area (Å²) in [5.74, 6) is 0. The highest BCUT2D eigenvalue weighted by molar-refractivity contribution is 7.10. The van der Waals surface area contributed by atoms with Crippen LogP contribution in [0.15, 0.2) is 23.6 Å². The van der Waals surface area contributed by atoms with Crippen molar-refractivity contribution in [1.29, 1.82) is 0 Å². The van der Waals surface area contributed by atoms with Gasteiger partial charge in [-0.1, -0.05) is 24.6 Å². The maximum absolute atomic E-state index is 6.61. The lowest BCUT2D eigenvalue weighted by Crippen LogP contribution is -1.97. The van der Waals surface area contributed by atoms with Crippen molar-refractivity contribution in [3.63, 3.8) is 0 Å². The van der Waals surface area contributed by atoms with E-state index in [1.165, 1.54) is 21.6 Å². The van der Waals surface area contributed by atoms with Crippen LogP contribution in [0.3, 0.4) is 0 Å². The van der Waals surface area contributed by atoms with E-state index >= 15 is 0 Å². The van der Waals surface area contributed by atoms with Crippen molar-refractivity contribution in [1.82, 2.24) is 0 Å². The van der Waals surface area contributed by atoms with Crippen molar-refractivity contribution in [3.8, 4) is 0 Å². The minimum Gasteiger partial charge on any atom is -0.147 e. The molecular weight excluding hydrogens is 283 g/mol. The summed E-state index contributed by atoms with van der Waals surface area (Å²) in [4.78, 5) is 1.21. The molecular formula is C15H16Cl2S. The van der Waals surface area contributed by atoms with Gasteiger partial charge in [-0.3, -0.25) is 0 Å². The van der Waals surface area contributed by atoms with Crippen molar-refractivity contribution in [2.45, 2.75) is 32.6 Å². The highest BCUT2D eigenvalue weighted by Gasteiger charge is 2.19. The summed E-state index contributed by atoms with van der Waals surface area (Å²) in [5.41, 5.74) is 4.76. The Labute approximate surface area is 123 Å². The van der Waals surface area contributed by atoms with Gasteiger partial charge >= 0.3 is 0 Å². The second kappa shape index (κ2) is 5.64. The molecule has 0 aliphatic heterocycles. The van der Waals surface area contributed by atoms with E-state index in [0.29, 0.717) is 0 Å². The maximum Gasteiger partial charge on any atom is 0.0944 e. The second-order valence-electron chi connectivity index (χ2n) is 4.48. The molecule has 0 fully saturated rings. The lowest BCUT2D eigenvalue weighted by molar-refractivity contribution is 1.07. The lowest BCUT2D eigenvalue weighted by Gasteiger charge is -2.14. The van der Waals surface area contributed by atoms with Crippen LogP contribution in [0.5, 0.6) is 0 Å². The van der Waals surface area contributed by atoms with E-state index in [-0.39, 0.29) is 5.38 Å². The molecule has 0 amide bonds. The van der Waals surface area contributed by atoms with E-state index in [1.807, 2.05) is 6.07 Å². The monoisotopic (exact) mass is 298 g/mol. The summed E-state index contributed by atoms with van der Waals surface area (Å²) in [6, 6.07) is 6.25. The number of hydrogen-bond donors (Lipinski definition) is 0. The van der Waals surface area contributed by atoms with E-state index in [4.69, 9.17) is 23.2 Å². The fourth-order valence-corrected chi connectivity index (χ4v) is 3.85. The van der Waals surface area contributed by atoms with Crippen molar-refractivity contribution < 1.29 is 0 Å². The maximum atomic E-state index is 6.61. The number of rotatable bonds is 3. The van der Waals surface area contributed by atoms with E-state index in [9.17, 15) is 0 Å². The third-order valence-electron chi connectivity index (χ3n) is 3.28. The molecule has 1 aromatic carbocycles.